The number of benzene rings is 2. The van der Waals surface area contributed by atoms with Gasteiger partial charge >= 0.3 is 12.1 Å². The van der Waals surface area contributed by atoms with E-state index in [2.05, 4.69) is 24.3 Å². The zero-order valence-electron chi connectivity index (χ0n) is 14.4. The molecule has 5 nitrogen and oxygen atoms in total. The zero-order chi connectivity index (χ0) is 18.1. The smallest absolute Gasteiger partial charge is 0.408 e. The Hall–Kier alpha value is -2.82. The van der Waals surface area contributed by atoms with Gasteiger partial charge < -0.3 is 9.84 Å². The first kappa shape index (κ1) is 16.6. The number of carbonyl (C=O) groups is 2. The fourth-order valence-corrected chi connectivity index (χ4v) is 4.11. The number of esters is 1. The molecule has 2 aromatic rings. The Balaban J connectivity index is 1.53. The third kappa shape index (κ3) is 2.83. The third-order valence-corrected chi connectivity index (χ3v) is 5.38. The lowest BCUT2D eigenvalue weighted by molar-refractivity contribution is -0.150. The predicted molar refractivity (Wildman–Crippen MR) is 97.0 cm³/mol. The van der Waals surface area contributed by atoms with Gasteiger partial charge in [-0.3, -0.25) is 4.90 Å². The van der Waals surface area contributed by atoms with Crippen molar-refractivity contribution in [2.45, 2.75) is 31.2 Å². The number of rotatable bonds is 3. The summed E-state index contributed by atoms with van der Waals surface area (Å²) in [4.78, 5) is 25.2. The van der Waals surface area contributed by atoms with E-state index in [1.807, 2.05) is 24.3 Å². The highest BCUT2D eigenvalue weighted by molar-refractivity contribution is 5.82. The molecule has 0 spiro atoms. The van der Waals surface area contributed by atoms with E-state index < -0.39 is 18.1 Å². The minimum absolute atomic E-state index is 0.00628. The number of ether oxygens (including phenoxy) is 1. The van der Waals surface area contributed by atoms with Crippen LogP contribution in [0.15, 0.2) is 48.5 Å². The van der Waals surface area contributed by atoms with Crippen molar-refractivity contribution in [3.63, 3.8) is 0 Å². The second-order valence-corrected chi connectivity index (χ2v) is 6.84. The summed E-state index contributed by atoms with van der Waals surface area (Å²) in [5, 5.41) is 9.32. The number of hydrogen-bond acceptors (Lipinski definition) is 3. The Morgan fingerprint density at radius 3 is 2.23 bits per heavy atom. The minimum atomic E-state index is -1.05. The summed E-state index contributed by atoms with van der Waals surface area (Å²) >= 11 is 0. The SMILES string of the molecule is O=C(OCC1c2ccccc2-c2ccccc21)C1CCCCN1C(=O)O. The van der Waals surface area contributed by atoms with E-state index in [1.165, 1.54) is 16.0 Å². The average molecular weight is 351 g/mol. The third-order valence-electron chi connectivity index (χ3n) is 5.38. The van der Waals surface area contributed by atoms with Gasteiger partial charge in [-0.25, -0.2) is 9.59 Å². The van der Waals surface area contributed by atoms with E-state index in [0.29, 0.717) is 13.0 Å². The van der Waals surface area contributed by atoms with Crippen molar-refractivity contribution in [2.24, 2.45) is 0 Å². The van der Waals surface area contributed by atoms with Crippen LogP contribution in [0, 0.1) is 0 Å². The molecular weight excluding hydrogens is 330 g/mol. The van der Waals surface area contributed by atoms with Crippen molar-refractivity contribution in [3.8, 4) is 11.1 Å². The van der Waals surface area contributed by atoms with Gasteiger partial charge in [-0.2, -0.15) is 0 Å². The van der Waals surface area contributed by atoms with E-state index in [1.54, 1.807) is 0 Å². The van der Waals surface area contributed by atoms with E-state index in [4.69, 9.17) is 4.74 Å². The lowest BCUT2D eigenvalue weighted by atomic mass is 9.98. The monoisotopic (exact) mass is 351 g/mol. The summed E-state index contributed by atoms with van der Waals surface area (Å²) in [5.41, 5.74) is 4.66. The second-order valence-electron chi connectivity index (χ2n) is 6.84. The molecule has 1 aliphatic carbocycles. The lowest BCUT2D eigenvalue weighted by Gasteiger charge is -2.32. The molecule has 5 heteroatoms. The summed E-state index contributed by atoms with van der Waals surface area (Å²) in [6.45, 7) is 0.626. The van der Waals surface area contributed by atoms with Gasteiger partial charge in [0.05, 0.1) is 0 Å². The maximum absolute atomic E-state index is 12.6. The Bertz CT molecular complexity index is 802. The standard InChI is InChI=1S/C21H21NO4/c23-20(19-11-5-6-12-22(19)21(24)25)26-13-18-16-9-3-1-7-14(16)15-8-2-4-10-17(15)18/h1-4,7-10,18-19H,5-6,11-13H2,(H,24,25). The van der Waals surface area contributed by atoms with Crippen molar-refractivity contribution >= 4 is 12.1 Å². The van der Waals surface area contributed by atoms with Crippen molar-refractivity contribution in [1.82, 2.24) is 4.90 Å². The molecule has 4 rings (SSSR count). The summed E-state index contributed by atoms with van der Waals surface area (Å²) < 4.78 is 5.62. The molecule has 1 N–H and O–H groups in total. The van der Waals surface area contributed by atoms with Crippen LogP contribution in [0.1, 0.15) is 36.3 Å². The van der Waals surface area contributed by atoms with Crippen LogP contribution in [0.5, 0.6) is 0 Å². The second kappa shape index (κ2) is 6.83. The number of carboxylic acid groups (broad SMARTS) is 1. The Kier molecular flexibility index (Phi) is 4.37. The molecule has 1 fully saturated rings. The maximum Gasteiger partial charge on any atom is 0.408 e. The molecule has 1 atom stereocenters. The van der Waals surface area contributed by atoms with Crippen molar-refractivity contribution in [2.75, 3.05) is 13.2 Å². The number of carbonyl (C=O) groups excluding carboxylic acids is 1. The van der Waals surface area contributed by atoms with Gasteiger partial charge in [-0.05, 0) is 41.5 Å². The zero-order valence-corrected chi connectivity index (χ0v) is 14.4. The first-order valence-electron chi connectivity index (χ1n) is 9.01. The van der Waals surface area contributed by atoms with E-state index in [9.17, 15) is 14.7 Å². The van der Waals surface area contributed by atoms with Gasteiger partial charge in [0.25, 0.3) is 0 Å². The molecule has 26 heavy (non-hydrogen) atoms. The first-order valence-corrected chi connectivity index (χ1v) is 9.01. The fraction of sp³-hybridized carbons (Fsp3) is 0.333. The molecule has 1 unspecified atom stereocenters. The van der Waals surface area contributed by atoms with Gasteiger partial charge in [0, 0.05) is 12.5 Å². The van der Waals surface area contributed by atoms with Crippen molar-refractivity contribution < 1.29 is 19.4 Å². The molecule has 0 bridgehead atoms. The highest BCUT2D eigenvalue weighted by Gasteiger charge is 2.35. The molecule has 0 saturated carbocycles. The predicted octanol–water partition coefficient (Wildman–Crippen LogP) is 3.87. The average Bonchev–Trinajstić information content (AvgIpc) is 3.00. The van der Waals surface area contributed by atoms with Crippen LogP contribution in [0.3, 0.4) is 0 Å². The highest BCUT2D eigenvalue weighted by Crippen LogP contribution is 2.44. The van der Waals surface area contributed by atoms with Gasteiger partial charge in [0.2, 0.25) is 0 Å². The number of piperidine rings is 1. The van der Waals surface area contributed by atoms with Gasteiger partial charge in [-0.1, -0.05) is 48.5 Å². The quantitative estimate of drug-likeness (QED) is 0.853. The minimum Gasteiger partial charge on any atom is -0.465 e. The number of fused-ring (bicyclic) bond motifs is 3. The van der Waals surface area contributed by atoms with Crippen molar-refractivity contribution in [1.29, 1.82) is 0 Å². The van der Waals surface area contributed by atoms with Crippen LogP contribution < -0.4 is 0 Å². The normalized spacial score (nSPS) is 18.9. The van der Waals surface area contributed by atoms with E-state index in [-0.39, 0.29) is 12.5 Å². The molecule has 0 aromatic heterocycles. The lowest BCUT2D eigenvalue weighted by Crippen LogP contribution is -2.48. The summed E-state index contributed by atoms with van der Waals surface area (Å²) in [7, 11) is 0. The van der Waals surface area contributed by atoms with Crippen LogP contribution in [0.4, 0.5) is 4.79 Å². The molecule has 1 heterocycles. The summed E-state index contributed by atoms with van der Waals surface area (Å²) in [5.74, 6) is -0.442. The number of amides is 1. The molecule has 1 saturated heterocycles. The molecule has 0 radical (unpaired) electrons. The van der Waals surface area contributed by atoms with Crippen LogP contribution in [-0.4, -0.2) is 41.3 Å². The Morgan fingerprint density at radius 1 is 1.00 bits per heavy atom. The molecule has 1 aliphatic heterocycles. The van der Waals surface area contributed by atoms with E-state index >= 15 is 0 Å². The van der Waals surface area contributed by atoms with Crippen LogP contribution in [-0.2, 0) is 9.53 Å². The van der Waals surface area contributed by atoms with Crippen molar-refractivity contribution in [3.05, 3.63) is 59.7 Å². The Labute approximate surface area is 152 Å². The number of nitrogens with zero attached hydrogens (tertiary/aromatic N) is 1. The molecule has 2 aliphatic rings. The Morgan fingerprint density at radius 2 is 1.62 bits per heavy atom. The van der Waals surface area contributed by atoms with Gasteiger partial charge in [-0.15, -0.1) is 0 Å². The topological polar surface area (TPSA) is 66.8 Å². The number of likely N-dealkylation sites (tertiary alicyclic amines) is 1. The molecule has 2 aromatic carbocycles. The molecule has 134 valence electrons. The molecule has 1 amide bonds. The van der Waals surface area contributed by atoms with Crippen LogP contribution in [0.25, 0.3) is 11.1 Å². The highest BCUT2D eigenvalue weighted by atomic mass is 16.5. The van der Waals surface area contributed by atoms with Gasteiger partial charge in [0.15, 0.2) is 0 Å². The summed E-state index contributed by atoms with van der Waals surface area (Å²) in [6.07, 6.45) is 1.12. The van der Waals surface area contributed by atoms with E-state index in [0.717, 1.165) is 24.0 Å². The van der Waals surface area contributed by atoms with Crippen LogP contribution in [0.2, 0.25) is 0 Å². The van der Waals surface area contributed by atoms with Gasteiger partial charge in [0.1, 0.15) is 12.6 Å². The first-order chi connectivity index (χ1) is 12.7. The maximum atomic E-state index is 12.6. The number of hydrogen-bond donors (Lipinski definition) is 1. The fourth-order valence-electron chi connectivity index (χ4n) is 4.11. The largest absolute Gasteiger partial charge is 0.465 e. The molecular formula is C21H21NO4. The summed E-state index contributed by atoms with van der Waals surface area (Å²) in [6, 6.07) is 15.6. The van der Waals surface area contributed by atoms with Crippen LogP contribution >= 0.6 is 0 Å².